The molecule has 0 radical (unpaired) electrons. The number of carbonyl (C=O) groups is 5. The molecule has 1 aliphatic rings. The molecule has 5 N–H and O–H groups in total. The van der Waals surface area contributed by atoms with Gasteiger partial charge in [0.2, 0.25) is 6.29 Å². The number of alkyl carbamates (subject to hydrolysis) is 2. The number of ether oxygens (including phenoxy) is 4. The van der Waals surface area contributed by atoms with Crippen LogP contribution in [0.1, 0.15) is 75.8 Å². The number of carboxylic acids is 1. The quantitative estimate of drug-likeness (QED) is 0.0477. The monoisotopic (exact) mass is 724 g/mol. The van der Waals surface area contributed by atoms with E-state index in [1.54, 1.807) is 12.1 Å². The lowest BCUT2D eigenvalue weighted by Crippen LogP contribution is -2.33. The summed E-state index contributed by atoms with van der Waals surface area (Å²) in [5.74, 6) is -3.92. The van der Waals surface area contributed by atoms with E-state index in [0.29, 0.717) is 17.5 Å². The number of carboxylic acid groups (broad SMARTS) is 1. The highest BCUT2D eigenvalue weighted by Crippen LogP contribution is 2.52. The highest BCUT2D eigenvalue weighted by molar-refractivity contribution is 7.86. The molecule has 0 aliphatic heterocycles. The Morgan fingerprint density at radius 1 is 0.938 bits per heavy atom. The van der Waals surface area contributed by atoms with E-state index in [1.807, 2.05) is 0 Å². The van der Waals surface area contributed by atoms with Crippen LogP contribution in [0.4, 0.5) is 9.59 Å². The summed E-state index contributed by atoms with van der Waals surface area (Å²) in [4.78, 5) is 60.5. The summed E-state index contributed by atoms with van der Waals surface area (Å²) in [7, 11) is -8.37. The van der Waals surface area contributed by atoms with Crippen molar-refractivity contribution >= 4 is 50.3 Å². The molecule has 0 aromatic heterocycles. The summed E-state index contributed by atoms with van der Waals surface area (Å²) in [5.41, 5.74) is -0.0676. The Morgan fingerprint density at radius 3 is 2.10 bits per heavy atom. The summed E-state index contributed by atoms with van der Waals surface area (Å²) in [6.45, 7) is 2.04. The van der Waals surface area contributed by atoms with Crippen molar-refractivity contribution in [2.45, 2.75) is 77.6 Å². The Kier molecular flexibility index (Phi) is 15.0. The number of rotatable bonds is 18. The average Bonchev–Trinajstić information content (AvgIpc) is 3.33. The highest BCUT2D eigenvalue weighted by atomic mass is 32.2. The van der Waals surface area contributed by atoms with Crippen LogP contribution in [0.3, 0.4) is 0 Å². The fourth-order valence-electron chi connectivity index (χ4n) is 5.27. The summed E-state index contributed by atoms with van der Waals surface area (Å²) in [5, 5.41) is 14.3. The second-order valence-corrected chi connectivity index (χ2v) is 14.5. The molecule has 2 amide bonds. The van der Waals surface area contributed by atoms with Crippen LogP contribution in [-0.2, 0) is 55.4 Å². The van der Waals surface area contributed by atoms with Crippen LogP contribution >= 0.6 is 0 Å². The number of carbonyl (C=O) groups excluding carboxylic acids is 4. The molecule has 3 atom stereocenters. The topological polar surface area (TPSA) is 275 Å². The van der Waals surface area contributed by atoms with Gasteiger partial charge in [0.1, 0.15) is 12.4 Å². The van der Waals surface area contributed by atoms with Gasteiger partial charge in [-0.1, -0.05) is 6.07 Å². The maximum atomic E-state index is 12.9. The van der Waals surface area contributed by atoms with Crippen LogP contribution in [-0.4, -0.2) is 92.0 Å². The largest absolute Gasteiger partial charge is 0.481 e. The molecule has 0 bridgehead atoms. The summed E-state index contributed by atoms with van der Waals surface area (Å²) >= 11 is 0. The van der Waals surface area contributed by atoms with Crippen LogP contribution in [0.15, 0.2) is 18.2 Å². The van der Waals surface area contributed by atoms with Gasteiger partial charge in [-0.15, -0.1) is 0 Å². The van der Waals surface area contributed by atoms with Gasteiger partial charge in [0.05, 0.1) is 24.3 Å². The second kappa shape index (κ2) is 17.9. The van der Waals surface area contributed by atoms with Crippen molar-refractivity contribution < 1.29 is 74.0 Å². The van der Waals surface area contributed by atoms with Crippen molar-refractivity contribution in [1.29, 1.82) is 0 Å². The Labute approximate surface area is 277 Å². The summed E-state index contributed by atoms with van der Waals surface area (Å²) in [6.07, 6.45) is -3.25. The fraction of sp³-hybridized carbons (Fsp3) is 0.607. The first-order valence-electron chi connectivity index (χ1n) is 14.7. The highest BCUT2D eigenvalue weighted by Gasteiger charge is 2.44. The van der Waals surface area contributed by atoms with Crippen molar-refractivity contribution in [3.63, 3.8) is 0 Å². The number of hydrogen-bond donors (Lipinski definition) is 5. The summed E-state index contributed by atoms with van der Waals surface area (Å²) in [6, 6.07) is 4.68. The van der Waals surface area contributed by atoms with Crippen LogP contribution in [0.5, 0.6) is 5.75 Å². The number of hydrogen-bond acceptors (Lipinski definition) is 13. The van der Waals surface area contributed by atoms with Gasteiger partial charge in [-0.25, -0.2) is 9.59 Å². The maximum Gasteiger partial charge on any atom is 0.410 e. The predicted molar refractivity (Wildman–Crippen MR) is 164 cm³/mol. The van der Waals surface area contributed by atoms with Crippen molar-refractivity contribution in [2.75, 3.05) is 24.6 Å². The van der Waals surface area contributed by atoms with Crippen LogP contribution in [0.2, 0.25) is 0 Å². The number of nitrogens with one attached hydrogen (secondary N) is 2. The molecule has 18 nitrogen and oxygen atoms in total. The van der Waals surface area contributed by atoms with Gasteiger partial charge >= 0.3 is 30.1 Å². The lowest BCUT2D eigenvalue weighted by molar-refractivity contribution is -0.168. The SMILES string of the molecule is CC(=O)Oc1ccc(COC(=O)NCCCS(=O)(=O)O)cc1C1CCC(CC(=O)O)(CC(=O)OC(C)OC(=O)NCCCS(=O)(=O)O)C1. The van der Waals surface area contributed by atoms with Crippen LogP contribution in [0, 0.1) is 5.41 Å². The smallest absolute Gasteiger partial charge is 0.410 e. The van der Waals surface area contributed by atoms with Crippen LogP contribution < -0.4 is 15.4 Å². The van der Waals surface area contributed by atoms with Crippen molar-refractivity contribution in [3.05, 3.63) is 29.3 Å². The molecule has 48 heavy (non-hydrogen) atoms. The first-order chi connectivity index (χ1) is 22.3. The van der Waals surface area contributed by atoms with Crippen LogP contribution in [0.25, 0.3) is 0 Å². The first-order valence-corrected chi connectivity index (χ1v) is 18.0. The number of benzene rings is 1. The lowest BCUT2D eigenvalue weighted by Gasteiger charge is -2.27. The first kappa shape index (κ1) is 40.2. The predicted octanol–water partition coefficient (Wildman–Crippen LogP) is 2.13. The van der Waals surface area contributed by atoms with Gasteiger partial charge < -0.3 is 34.7 Å². The molecule has 1 fully saturated rings. The van der Waals surface area contributed by atoms with Gasteiger partial charge in [-0.2, -0.15) is 16.8 Å². The third-order valence-corrected chi connectivity index (χ3v) is 8.76. The zero-order chi connectivity index (χ0) is 36.1. The van der Waals surface area contributed by atoms with Crippen molar-refractivity contribution in [3.8, 4) is 5.75 Å². The molecular weight excluding hydrogens is 684 g/mol. The minimum atomic E-state index is -4.20. The zero-order valence-corrected chi connectivity index (χ0v) is 28.0. The van der Waals surface area contributed by atoms with E-state index in [1.165, 1.54) is 19.9 Å². The molecule has 0 spiro atoms. The molecule has 20 heteroatoms. The third-order valence-electron chi connectivity index (χ3n) is 7.15. The van der Waals surface area contributed by atoms with Gasteiger partial charge in [0.25, 0.3) is 20.2 Å². The maximum absolute atomic E-state index is 12.9. The van der Waals surface area contributed by atoms with E-state index in [-0.39, 0.29) is 63.5 Å². The van der Waals surface area contributed by atoms with E-state index in [9.17, 15) is 45.9 Å². The number of esters is 2. The number of amides is 2. The molecule has 3 unspecified atom stereocenters. The summed E-state index contributed by atoms with van der Waals surface area (Å²) < 4.78 is 81.2. The van der Waals surface area contributed by atoms with E-state index in [4.69, 9.17) is 28.1 Å². The van der Waals surface area contributed by atoms with Gasteiger partial charge in [0.15, 0.2) is 0 Å². The molecule has 0 saturated heterocycles. The standard InChI is InChI=1S/C28H40N2O16S2/c1-18(31)44-23-6-5-20(17-43-26(35)29-9-3-11-47(37,38)39)13-22(23)21-7-8-28(14-21,15-24(32)33)16-25(34)45-19(2)46-27(36)30-10-4-12-48(40,41)42/h5-6,13,19,21H,3-4,7-12,14-17H2,1-2H3,(H,29,35)(H,30,36)(H,32,33)(H,37,38,39)(H,40,41,42). The van der Waals surface area contributed by atoms with Crippen molar-refractivity contribution in [1.82, 2.24) is 10.6 Å². The van der Waals surface area contributed by atoms with E-state index in [0.717, 1.165) is 0 Å². The molecule has 2 rings (SSSR count). The second-order valence-electron chi connectivity index (χ2n) is 11.3. The van der Waals surface area contributed by atoms with Gasteiger partial charge in [-0.3, -0.25) is 23.5 Å². The average molecular weight is 725 g/mol. The molecule has 1 saturated carbocycles. The third kappa shape index (κ3) is 15.7. The lowest BCUT2D eigenvalue weighted by atomic mass is 9.78. The Balaban J connectivity index is 2.07. The minimum absolute atomic E-state index is 0.0360. The van der Waals surface area contributed by atoms with Gasteiger partial charge in [-0.05, 0) is 66.7 Å². The van der Waals surface area contributed by atoms with E-state index >= 15 is 0 Å². The molecule has 270 valence electrons. The van der Waals surface area contributed by atoms with E-state index < -0.39 is 80.0 Å². The molecule has 1 aromatic rings. The fourth-order valence-corrected chi connectivity index (χ4v) is 6.29. The Hall–Kier alpha value is -4.01. The van der Waals surface area contributed by atoms with Gasteiger partial charge in [0, 0.05) is 26.9 Å². The molecule has 0 heterocycles. The van der Waals surface area contributed by atoms with E-state index in [2.05, 4.69) is 10.6 Å². The Bertz CT molecular complexity index is 1550. The molecule has 1 aromatic carbocycles. The normalized spacial score (nSPS) is 18.3. The molecule has 1 aliphatic carbocycles. The number of aliphatic carboxylic acids is 1. The van der Waals surface area contributed by atoms with Crippen molar-refractivity contribution in [2.24, 2.45) is 5.41 Å². The minimum Gasteiger partial charge on any atom is -0.481 e. The Morgan fingerprint density at radius 2 is 1.54 bits per heavy atom. The zero-order valence-electron chi connectivity index (χ0n) is 26.3. The molecular formula is C28H40N2O16S2.